The number of hydrogen-bond acceptors (Lipinski definition) is 3. The number of amides is 1. The van der Waals surface area contributed by atoms with Crippen LogP contribution in [0.3, 0.4) is 0 Å². The van der Waals surface area contributed by atoms with Crippen LogP contribution in [0.25, 0.3) is 0 Å². The van der Waals surface area contributed by atoms with E-state index in [1.807, 2.05) is 26.8 Å². The van der Waals surface area contributed by atoms with Crippen molar-refractivity contribution in [2.45, 2.75) is 70.9 Å². The molecule has 2 N–H and O–H groups in total. The first kappa shape index (κ1) is 16.9. The van der Waals surface area contributed by atoms with Crippen LogP contribution in [0.15, 0.2) is 18.2 Å². The minimum absolute atomic E-state index is 0.389. The van der Waals surface area contributed by atoms with Crippen LogP contribution < -0.4 is 10.6 Å². The highest BCUT2D eigenvalue weighted by Gasteiger charge is 2.53. The summed E-state index contributed by atoms with van der Waals surface area (Å²) in [5.41, 5.74) is 3.74. The minimum atomic E-state index is -0.476. The standard InChI is InChI=1S/C21H30N2O2/c1-20(2,3)25-19(24)23-16-7-8-17-14(12-16)4-9-18(17)22-13-21(10-11-21)15-5-6-15/h7-8,12,15,18,22H,4-6,9-11,13H2,1-3H3,(H,23,24). The zero-order chi connectivity index (χ0) is 17.7. The Balaban J connectivity index is 1.36. The SMILES string of the molecule is CC(C)(C)OC(=O)Nc1ccc2c(c1)CCC2NCC1(C2CC2)CC1. The van der Waals surface area contributed by atoms with Gasteiger partial charge in [-0.1, -0.05) is 6.07 Å². The molecule has 3 aliphatic carbocycles. The van der Waals surface area contributed by atoms with Gasteiger partial charge in [0, 0.05) is 18.3 Å². The maximum atomic E-state index is 11.9. The molecule has 0 radical (unpaired) electrons. The lowest BCUT2D eigenvalue weighted by molar-refractivity contribution is 0.0636. The highest BCUT2D eigenvalue weighted by molar-refractivity contribution is 5.85. The van der Waals surface area contributed by atoms with E-state index in [9.17, 15) is 4.79 Å². The second-order valence-electron chi connectivity index (χ2n) is 9.15. The zero-order valence-corrected chi connectivity index (χ0v) is 15.7. The van der Waals surface area contributed by atoms with E-state index in [0.29, 0.717) is 11.5 Å². The fourth-order valence-corrected chi connectivity index (χ4v) is 4.24. The van der Waals surface area contributed by atoms with Crippen molar-refractivity contribution < 1.29 is 9.53 Å². The Hall–Kier alpha value is -1.55. The van der Waals surface area contributed by atoms with Gasteiger partial charge < -0.3 is 10.1 Å². The molecule has 1 aromatic carbocycles. The van der Waals surface area contributed by atoms with Crippen LogP contribution in [0, 0.1) is 11.3 Å². The summed E-state index contributed by atoms with van der Waals surface area (Å²) in [7, 11) is 0. The monoisotopic (exact) mass is 342 g/mol. The first-order valence-electron chi connectivity index (χ1n) is 9.71. The fraction of sp³-hybridized carbons (Fsp3) is 0.667. The molecule has 1 aromatic rings. The van der Waals surface area contributed by atoms with Gasteiger partial charge in [-0.25, -0.2) is 4.79 Å². The maximum absolute atomic E-state index is 11.9. The summed E-state index contributed by atoms with van der Waals surface area (Å²) >= 11 is 0. The molecule has 3 aliphatic rings. The first-order chi connectivity index (χ1) is 11.8. The fourth-order valence-electron chi connectivity index (χ4n) is 4.24. The molecule has 4 nitrogen and oxygen atoms in total. The summed E-state index contributed by atoms with van der Waals surface area (Å²) in [6, 6.07) is 6.75. The largest absolute Gasteiger partial charge is 0.444 e. The van der Waals surface area contributed by atoms with Crippen molar-refractivity contribution in [2.24, 2.45) is 11.3 Å². The summed E-state index contributed by atoms with van der Waals surface area (Å²) in [6.45, 7) is 6.80. The number of hydrogen-bond donors (Lipinski definition) is 2. The van der Waals surface area contributed by atoms with Gasteiger partial charge in [-0.3, -0.25) is 5.32 Å². The normalized spacial score (nSPS) is 23.9. The molecule has 0 spiro atoms. The molecule has 0 saturated heterocycles. The van der Waals surface area contributed by atoms with Crippen molar-refractivity contribution >= 4 is 11.8 Å². The van der Waals surface area contributed by atoms with Gasteiger partial charge in [-0.15, -0.1) is 0 Å². The quantitative estimate of drug-likeness (QED) is 0.808. The molecule has 0 aromatic heterocycles. The highest BCUT2D eigenvalue weighted by atomic mass is 16.6. The van der Waals surface area contributed by atoms with Crippen LogP contribution in [0.4, 0.5) is 10.5 Å². The topological polar surface area (TPSA) is 50.4 Å². The molecule has 4 rings (SSSR count). The van der Waals surface area contributed by atoms with Crippen LogP contribution in [0.2, 0.25) is 0 Å². The van der Waals surface area contributed by atoms with E-state index < -0.39 is 5.60 Å². The Morgan fingerprint density at radius 1 is 1.24 bits per heavy atom. The van der Waals surface area contributed by atoms with E-state index in [1.165, 1.54) is 43.4 Å². The van der Waals surface area contributed by atoms with E-state index in [1.54, 1.807) is 0 Å². The number of aryl methyl sites for hydroxylation is 1. The van der Waals surface area contributed by atoms with E-state index in [2.05, 4.69) is 22.8 Å². The Morgan fingerprint density at radius 2 is 2.00 bits per heavy atom. The number of anilines is 1. The van der Waals surface area contributed by atoms with Gasteiger partial charge >= 0.3 is 6.09 Å². The van der Waals surface area contributed by atoms with Crippen LogP contribution >= 0.6 is 0 Å². The third-order valence-electron chi connectivity index (χ3n) is 5.90. The molecule has 1 unspecified atom stereocenters. The van der Waals surface area contributed by atoms with Gasteiger partial charge in [0.1, 0.15) is 5.60 Å². The molecule has 136 valence electrons. The van der Waals surface area contributed by atoms with E-state index in [0.717, 1.165) is 24.4 Å². The van der Waals surface area contributed by atoms with E-state index in [-0.39, 0.29) is 6.09 Å². The first-order valence-corrected chi connectivity index (χ1v) is 9.71. The van der Waals surface area contributed by atoms with Gasteiger partial charge in [-0.05, 0) is 93.9 Å². The van der Waals surface area contributed by atoms with Crippen LogP contribution in [0.1, 0.15) is 70.0 Å². The molecular weight excluding hydrogens is 312 g/mol. The van der Waals surface area contributed by atoms with Gasteiger partial charge in [-0.2, -0.15) is 0 Å². The lowest BCUT2D eigenvalue weighted by Gasteiger charge is -2.21. The molecule has 2 fully saturated rings. The summed E-state index contributed by atoms with van der Waals surface area (Å²) in [5, 5.41) is 6.69. The molecule has 25 heavy (non-hydrogen) atoms. The molecule has 2 saturated carbocycles. The van der Waals surface area contributed by atoms with Crippen molar-refractivity contribution in [3.05, 3.63) is 29.3 Å². The molecule has 0 aliphatic heterocycles. The number of carbonyl (C=O) groups is 1. The average molecular weight is 342 g/mol. The van der Waals surface area contributed by atoms with Crippen LogP contribution in [-0.2, 0) is 11.2 Å². The second-order valence-corrected chi connectivity index (χ2v) is 9.15. The Kier molecular flexibility index (Phi) is 4.06. The third-order valence-corrected chi connectivity index (χ3v) is 5.90. The van der Waals surface area contributed by atoms with Gasteiger partial charge in [0.25, 0.3) is 0 Å². The highest BCUT2D eigenvalue weighted by Crippen LogP contribution is 2.61. The summed E-state index contributed by atoms with van der Waals surface area (Å²) in [6.07, 6.45) is 7.58. The number of rotatable bonds is 5. The van der Waals surface area contributed by atoms with Crippen molar-refractivity contribution in [2.75, 3.05) is 11.9 Å². The molecule has 0 heterocycles. The number of carbonyl (C=O) groups excluding carboxylic acids is 1. The summed E-state index contributed by atoms with van der Waals surface area (Å²) in [5.74, 6) is 1.00. The van der Waals surface area contributed by atoms with E-state index in [4.69, 9.17) is 4.74 Å². The zero-order valence-electron chi connectivity index (χ0n) is 15.7. The van der Waals surface area contributed by atoms with Crippen molar-refractivity contribution in [1.29, 1.82) is 0 Å². The van der Waals surface area contributed by atoms with Crippen LogP contribution in [0.5, 0.6) is 0 Å². The number of benzene rings is 1. The lowest BCUT2D eigenvalue weighted by Crippen LogP contribution is -2.28. The van der Waals surface area contributed by atoms with Crippen molar-refractivity contribution in [1.82, 2.24) is 5.32 Å². The second kappa shape index (κ2) is 6.01. The average Bonchev–Trinajstić information content (AvgIpc) is 3.40. The van der Waals surface area contributed by atoms with Crippen molar-refractivity contribution in [3.8, 4) is 0 Å². The van der Waals surface area contributed by atoms with E-state index >= 15 is 0 Å². The predicted molar refractivity (Wildman–Crippen MR) is 99.8 cm³/mol. The molecule has 1 atom stereocenters. The van der Waals surface area contributed by atoms with Gasteiger partial charge in [0.2, 0.25) is 0 Å². The van der Waals surface area contributed by atoms with Crippen molar-refractivity contribution in [3.63, 3.8) is 0 Å². The van der Waals surface area contributed by atoms with Crippen LogP contribution in [-0.4, -0.2) is 18.2 Å². The summed E-state index contributed by atoms with van der Waals surface area (Å²) in [4.78, 5) is 11.9. The Bertz CT molecular complexity index is 669. The molecule has 4 heteroatoms. The van der Waals surface area contributed by atoms with Gasteiger partial charge in [0.05, 0.1) is 0 Å². The molecule has 1 amide bonds. The maximum Gasteiger partial charge on any atom is 0.412 e. The number of nitrogens with one attached hydrogen (secondary N) is 2. The smallest absolute Gasteiger partial charge is 0.412 e. The number of fused-ring (bicyclic) bond motifs is 1. The summed E-state index contributed by atoms with van der Waals surface area (Å²) < 4.78 is 5.33. The Morgan fingerprint density at radius 3 is 2.64 bits per heavy atom. The van der Waals surface area contributed by atoms with Gasteiger partial charge in [0.15, 0.2) is 0 Å². The molecular formula is C21H30N2O2. The Labute approximate surface area is 150 Å². The third kappa shape index (κ3) is 3.84. The number of ether oxygens (including phenoxy) is 1. The lowest BCUT2D eigenvalue weighted by atomic mass is 9.99. The minimum Gasteiger partial charge on any atom is -0.444 e. The molecule has 0 bridgehead atoms. The predicted octanol–water partition coefficient (Wildman–Crippen LogP) is 4.80.